The van der Waals surface area contributed by atoms with Crippen LogP contribution >= 0.6 is 0 Å². The van der Waals surface area contributed by atoms with Gasteiger partial charge >= 0.3 is 12.1 Å². The summed E-state index contributed by atoms with van der Waals surface area (Å²) in [6.07, 6.45) is -2.41. The molecule has 1 fully saturated rings. The molecule has 0 unspecified atom stereocenters. The number of carboxylic acids is 1. The minimum Gasteiger partial charge on any atom is -0.481 e. The molecule has 1 saturated carbocycles. The van der Waals surface area contributed by atoms with Crippen LogP contribution < -0.4 is 0 Å². The molecule has 1 aliphatic rings. The molecule has 0 bridgehead atoms. The lowest BCUT2D eigenvalue weighted by Crippen LogP contribution is -2.33. The Balaban J connectivity index is 2.61. The largest absolute Gasteiger partial charge is 0.481 e. The molecule has 2 rings (SSSR count). The van der Waals surface area contributed by atoms with Crippen LogP contribution in [0.4, 0.5) is 13.2 Å². The van der Waals surface area contributed by atoms with Crippen LogP contribution in [0.25, 0.3) is 0 Å². The number of carbonyl (C=O) groups is 2. The topological polar surface area (TPSA) is 54.4 Å². The highest BCUT2D eigenvalue weighted by Gasteiger charge is 2.44. The van der Waals surface area contributed by atoms with E-state index in [0.717, 1.165) is 12.1 Å². The maximum absolute atomic E-state index is 12.8. The van der Waals surface area contributed by atoms with Crippen molar-refractivity contribution >= 4 is 12.3 Å². The van der Waals surface area contributed by atoms with Crippen LogP contribution in [0.2, 0.25) is 0 Å². The van der Waals surface area contributed by atoms with Crippen molar-refractivity contribution in [3.05, 3.63) is 34.9 Å². The molecular weight excluding hydrogens is 273 g/mol. The average molecular weight is 286 g/mol. The molecule has 6 heteroatoms. The van der Waals surface area contributed by atoms with Crippen LogP contribution in [0, 0.1) is 0 Å². The lowest BCUT2D eigenvalue weighted by atomic mass is 9.78. The molecule has 0 atom stereocenters. The summed E-state index contributed by atoms with van der Waals surface area (Å²) in [5, 5.41) is 9.40. The standard InChI is InChI=1S/C14H13F3O3/c15-14(16,17)11-6-9(8-18)5-10(7-11)13(12(19)20)3-1-2-4-13/h5-8H,1-4H2,(H,19,20). The number of alkyl halides is 3. The van der Waals surface area contributed by atoms with Crippen LogP contribution in [-0.4, -0.2) is 17.4 Å². The maximum atomic E-state index is 12.8. The second-order valence-electron chi connectivity index (χ2n) is 5.05. The summed E-state index contributed by atoms with van der Waals surface area (Å²) in [5.41, 5.74) is -2.37. The molecule has 3 nitrogen and oxygen atoms in total. The van der Waals surface area contributed by atoms with E-state index in [4.69, 9.17) is 0 Å². The van der Waals surface area contributed by atoms with Crippen molar-refractivity contribution in [3.8, 4) is 0 Å². The van der Waals surface area contributed by atoms with Crippen molar-refractivity contribution in [1.82, 2.24) is 0 Å². The fourth-order valence-electron chi connectivity index (χ4n) is 2.76. The van der Waals surface area contributed by atoms with Gasteiger partial charge in [-0.15, -0.1) is 0 Å². The molecular formula is C14H13F3O3. The summed E-state index contributed by atoms with van der Waals surface area (Å²) in [6, 6.07) is 2.84. The van der Waals surface area contributed by atoms with E-state index in [9.17, 15) is 27.9 Å². The molecule has 0 saturated heterocycles. The van der Waals surface area contributed by atoms with Crippen molar-refractivity contribution in [3.63, 3.8) is 0 Å². The Bertz CT molecular complexity index is 543. The molecule has 108 valence electrons. The highest BCUT2D eigenvalue weighted by molar-refractivity contribution is 5.83. The Morgan fingerprint density at radius 2 is 1.80 bits per heavy atom. The second-order valence-corrected chi connectivity index (χ2v) is 5.05. The van der Waals surface area contributed by atoms with Crippen LogP contribution in [0.5, 0.6) is 0 Å². The number of carboxylic acid groups (broad SMARTS) is 1. The molecule has 1 N–H and O–H groups in total. The van der Waals surface area contributed by atoms with Crippen LogP contribution in [0.3, 0.4) is 0 Å². The zero-order valence-electron chi connectivity index (χ0n) is 10.5. The van der Waals surface area contributed by atoms with E-state index < -0.39 is 23.1 Å². The van der Waals surface area contributed by atoms with Gasteiger partial charge in [-0.05, 0) is 36.6 Å². The monoisotopic (exact) mass is 286 g/mol. The smallest absolute Gasteiger partial charge is 0.416 e. The number of aldehydes is 1. The number of halogens is 3. The van der Waals surface area contributed by atoms with Crippen LogP contribution in [0.15, 0.2) is 18.2 Å². The quantitative estimate of drug-likeness (QED) is 0.866. The fraction of sp³-hybridized carbons (Fsp3) is 0.429. The third-order valence-corrected chi connectivity index (χ3v) is 3.84. The summed E-state index contributed by atoms with van der Waals surface area (Å²) in [5.74, 6) is -1.13. The van der Waals surface area contributed by atoms with Crippen molar-refractivity contribution in [2.24, 2.45) is 0 Å². The van der Waals surface area contributed by atoms with Crippen molar-refractivity contribution in [2.75, 3.05) is 0 Å². The maximum Gasteiger partial charge on any atom is 0.416 e. The first-order valence-corrected chi connectivity index (χ1v) is 6.21. The second kappa shape index (κ2) is 4.92. The zero-order valence-corrected chi connectivity index (χ0v) is 10.5. The van der Waals surface area contributed by atoms with E-state index >= 15 is 0 Å². The van der Waals surface area contributed by atoms with Gasteiger partial charge in [0.25, 0.3) is 0 Å². The Kier molecular flexibility index (Phi) is 3.58. The molecule has 0 radical (unpaired) electrons. The first-order valence-electron chi connectivity index (χ1n) is 6.21. The van der Waals surface area contributed by atoms with Gasteiger partial charge in [0.05, 0.1) is 11.0 Å². The Labute approximate surface area is 113 Å². The molecule has 0 aromatic heterocycles. The number of aliphatic carboxylic acids is 1. The predicted octanol–water partition coefficient (Wildman–Crippen LogP) is 3.41. The summed E-state index contributed by atoms with van der Waals surface area (Å²) in [7, 11) is 0. The van der Waals surface area contributed by atoms with E-state index in [1.807, 2.05) is 0 Å². The third kappa shape index (κ3) is 2.42. The average Bonchev–Trinajstić information content (AvgIpc) is 2.87. The van der Waals surface area contributed by atoms with Crippen molar-refractivity contribution in [2.45, 2.75) is 37.3 Å². The first-order chi connectivity index (χ1) is 9.29. The number of hydrogen-bond donors (Lipinski definition) is 1. The molecule has 1 aromatic rings. The number of rotatable bonds is 3. The normalized spacial score (nSPS) is 17.9. The summed E-state index contributed by atoms with van der Waals surface area (Å²) >= 11 is 0. The van der Waals surface area contributed by atoms with Gasteiger partial charge in [-0.1, -0.05) is 12.8 Å². The molecule has 0 aliphatic heterocycles. The molecule has 0 amide bonds. The molecule has 1 aromatic carbocycles. The van der Waals surface area contributed by atoms with Gasteiger partial charge in [-0.3, -0.25) is 9.59 Å². The van der Waals surface area contributed by atoms with Crippen molar-refractivity contribution < 1.29 is 27.9 Å². The Hall–Kier alpha value is -1.85. The molecule has 0 spiro atoms. The Morgan fingerprint density at radius 1 is 1.20 bits per heavy atom. The summed E-state index contributed by atoms with van der Waals surface area (Å²) in [4.78, 5) is 22.3. The predicted molar refractivity (Wildman–Crippen MR) is 64.6 cm³/mol. The summed E-state index contributed by atoms with van der Waals surface area (Å²) < 4.78 is 38.5. The first kappa shape index (κ1) is 14.6. The SMILES string of the molecule is O=Cc1cc(C(F)(F)F)cc(C2(C(=O)O)CCCC2)c1. The number of hydrogen-bond acceptors (Lipinski definition) is 2. The fourth-order valence-corrected chi connectivity index (χ4v) is 2.76. The van der Waals surface area contributed by atoms with Gasteiger partial charge in [0.15, 0.2) is 0 Å². The van der Waals surface area contributed by atoms with E-state index in [1.54, 1.807) is 0 Å². The van der Waals surface area contributed by atoms with E-state index in [-0.39, 0.29) is 11.1 Å². The van der Waals surface area contributed by atoms with Crippen LogP contribution in [-0.2, 0) is 16.4 Å². The highest BCUT2D eigenvalue weighted by Crippen LogP contribution is 2.43. The Morgan fingerprint density at radius 3 is 2.25 bits per heavy atom. The van der Waals surface area contributed by atoms with E-state index in [1.165, 1.54) is 6.07 Å². The molecule has 1 aliphatic carbocycles. The molecule has 0 heterocycles. The lowest BCUT2D eigenvalue weighted by molar-refractivity contribution is -0.144. The van der Waals surface area contributed by atoms with Gasteiger partial charge in [0.2, 0.25) is 0 Å². The lowest BCUT2D eigenvalue weighted by Gasteiger charge is -2.25. The van der Waals surface area contributed by atoms with Crippen LogP contribution in [0.1, 0.15) is 47.2 Å². The van der Waals surface area contributed by atoms with Gasteiger partial charge < -0.3 is 5.11 Å². The van der Waals surface area contributed by atoms with E-state index in [2.05, 4.69) is 0 Å². The number of carbonyl (C=O) groups excluding carboxylic acids is 1. The number of benzene rings is 1. The van der Waals surface area contributed by atoms with Gasteiger partial charge in [-0.2, -0.15) is 13.2 Å². The molecule has 20 heavy (non-hydrogen) atoms. The third-order valence-electron chi connectivity index (χ3n) is 3.84. The van der Waals surface area contributed by atoms with Crippen molar-refractivity contribution in [1.29, 1.82) is 0 Å². The zero-order chi connectivity index (χ0) is 15.0. The van der Waals surface area contributed by atoms with E-state index in [0.29, 0.717) is 32.0 Å². The minimum atomic E-state index is -4.61. The minimum absolute atomic E-state index is 0.0689. The van der Waals surface area contributed by atoms with Gasteiger partial charge in [0, 0.05) is 5.56 Å². The highest BCUT2D eigenvalue weighted by atomic mass is 19.4. The van der Waals surface area contributed by atoms with Gasteiger partial charge in [-0.25, -0.2) is 0 Å². The summed E-state index contributed by atoms with van der Waals surface area (Å²) in [6.45, 7) is 0. The van der Waals surface area contributed by atoms with Gasteiger partial charge in [0.1, 0.15) is 6.29 Å².